The molecule has 2 N–H and O–H groups in total. The summed E-state index contributed by atoms with van der Waals surface area (Å²) in [7, 11) is 4.87. The Hall–Kier alpha value is -0.970. The van der Waals surface area contributed by atoms with Crippen molar-refractivity contribution in [2.24, 2.45) is 0 Å². The molecule has 0 saturated carbocycles. The van der Waals surface area contributed by atoms with E-state index in [-0.39, 0.29) is 0 Å². The first-order valence-electron chi connectivity index (χ1n) is 5.30. The van der Waals surface area contributed by atoms with Gasteiger partial charge in [0.2, 0.25) is 0 Å². The first kappa shape index (κ1) is 14.1. The van der Waals surface area contributed by atoms with E-state index in [1.165, 1.54) is 7.11 Å². The molecule has 0 spiro atoms. The lowest BCUT2D eigenvalue weighted by Gasteiger charge is -2.19. The van der Waals surface area contributed by atoms with Crippen LogP contribution in [0.5, 0.6) is 11.5 Å². The number of benzene rings is 1. The second kappa shape index (κ2) is 6.10. The van der Waals surface area contributed by atoms with Crippen LogP contribution in [0.3, 0.4) is 0 Å². The predicted octanol–water partition coefficient (Wildman–Crippen LogP) is 1.92. The maximum Gasteiger partial charge on any atom is 0.143 e. The summed E-state index contributed by atoms with van der Waals surface area (Å²) in [6, 6.07) is 1.75. The van der Waals surface area contributed by atoms with Crippen molar-refractivity contribution in [3.63, 3.8) is 0 Å². The lowest BCUT2D eigenvalue weighted by atomic mass is 10.0. The zero-order chi connectivity index (χ0) is 13.0. The summed E-state index contributed by atoms with van der Waals surface area (Å²) in [5, 5.41) is 13.4. The molecule has 0 bridgehead atoms. The van der Waals surface area contributed by atoms with Gasteiger partial charge in [0.1, 0.15) is 11.5 Å². The maximum absolute atomic E-state index is 10.0. The molecule has 17 heavy (non-hydrogen) atoms. The van der Waals surface area contributed by atoms with E-state index in [0.717, 1.165) is 5.56 Å². The van der Waals surface area contributed by atoms with Crippen molar-refractivity contribution in [3.05, 3.63) is 22.2 Å². The first-order valence-corrected chi connectivity index (χ1v) is 5.68. The zero-order valence-corrected chi connectivity index (χ0v) is 11.3. The lowest BCUT2D eigenvalue weighted by Crippen LogP contribution is -2.17. The Morgan fingerprint density at radius 1 is 1.41 bits per heavy atom. The molecular formula is C12H18ClNO3. The average molecular weight is 260 g/mol. The van der Waals surface area contributed by atoms with Gasteiger partial charge in [-0.25, -0.2) is 0 Å². The summed E-state index contributed by atoms with van der Waals surface area (Å²) in [5.74, 6) is 1.13. The summed E-state index contributed by atoms with van der Waals surface area (Å²) in [5.41, 5.74) is 1.42. The largest absolute Gasteiger partial charge is 0.496 e. The van der Waals surface area contributed by atoms with Gasteiger partial charge in [0.15, 0.2) is 0 Å². The highest BCUT2D eigenvalue weighted by Gasteiger charge is 2.20. The molecule has 0 fully saturated rings. The molecule has 5 heteroatoms. The van der Waals surface area contributed by atoms with Gasteiger partial charge in [-0.2, -0.15) is 0 Å². The molecule has 1 aromatic carbocycles. The van der Waals surface area contributed by atoms with Crippen molar-refractivity contribution in [2.75, 3.05) is 27.8 Å². The lowest BCUT2D eigenvalue weighted by molar-refractivity contribution is 0.173. The Bertz CT molecular complexity index is 396. The fraction of sp³-hybridized carbons (Fsp3) is 0.500. The average Bonchev–Trinajstić information content (AvgIpc) is 2.32. The van der Waals surface area contributed by atoms with E-state index in [9.17, 15) is 5.11 Å². The standard InChI is InChI=1S/C12H18ClNO3/c1-7-10(16-3)5-8(9(15)6-14-2)12(17-4)11(7)13/h5,9,14-15H,6H2,1-4H3. The highest BCUT2D eigenvalue weighted by Crippen LogP contribution is 2.40. The van der Waals surface area contributed by atoms with E-state index in [4.69, 9.17) is 21.1 Å². The molecule has 1 rings (SSSR count). The van der Waals surface area contributed by atoms with Gasteiger partial charge in [-0.15, -0.1) is 0 Å². The third-order valence-corrected chi connectivity index (χ3v) is 3.08. The van der Waals surface area contributed by atoms with E-state index < -0.39 is 6.10 Å². The van der Waals surface area contributed by atoms with Gasteiger partial charge in [-0.1, -0.05) is 11.6 Å². The van der Waals surface area contributed by atoms with Gasteiger partial charge < -0.3 is 19.9 Å². The minimum Gasteiger partial charge on any atom is -0.496 e. The number of halogens is 1. The number of nitrogens with one attached hydrogen (secondary N) is 1. The topological polar surface area (TPSA) is 50.7 Å². The van der Waals surface area contributed by atoms with E-state index in [1.807, 2.05) is 6.92 Å². The molecule has 0 amide bonds. The Morgan fingerprint density at radius 2 is 2.06 bits per heavy atom. The summed E-state index contributed by atoms with van der Waals surface area (Å²) < 4.78 is 10.5. The highest BCUT2D eigenvalue weighted by atomic mass is 35.5. The molecule has 1 atom stereocenters. The van der Waals surface area contributed by atoms with Crippen LogP contribution in [0, 0.1) is 6.92 Å². The molecular weight excluding hydrogens is 242 g/mol. The molecule has 0 aliphatic carbocycles. The van der Waals surface area contributed by atoms with Crippen LogP contribution >= 0.6 is 11.6 Å². The van der Waals surface area contributed by atoms with Crippen molar-refractivity contribution in [3.8, 4) is 11.5 Å². The SMILES string of the molecule is CNCC(O)c1cc(OC)c(C)c(Cl)c1OC. The number of hydrogen-bond acceptors (Lipinski definition) is 4. The van der Waals surface area contributed by atoms with Gasteiger partial charge in [0.25, 0.3) is 0 Å². The van der Waals surface area contributed by atoms with Crippen LogP contribution in [0.1, 0.15) is 17.2 Å². The molecule has 0 aliphatic heterocycles. The normalized spacial score (nSPS) is 12.4. The number of ether oxygens (including phenoxy) is 2. The van der Waals surface area contributed by atoms with E-state index in [2.05, 4.69) is 5.32 Å². The van der Waals surface area contributed by atoms with Crippen molar-refractivity contribution in [1.82, 2.24) is 5.32 Å². The van der Waals surface area contributed by atoms with Crippen LogP contribution in [0.2, 0.25) is 5.02 Å². The van der Waals surface area contributed by atoms with Crippen molar-refractivity contribution >= 4 is 11.6 Å². The minimum atomic E-state index is -0.693. The Morgan fingerprint density at radius 3 is 2.53 bits per heavy atom. The molecule has 1 aromatic rings. The molecule has 1 unspecified atom stereocenters. The van der Waals surface area contributed by atoms with Crippen LogP contribution in [-0.4, -0.2) is 32.9 Å². The molecule has 0 aromatic heterocycles. The van der Waals surface area contributed by atoms with Crippen LogP contribution < -0.4 is 14.8 Å². The molecule has 0 saturated heterocycles. The second-order valence-corrected chi connectivity index (χ2v) is 4.09. The summed E-state index contributed by atoms with van der Waals surface area (Å²) in [6.07, 6.45) is -0.693. The van der Waals surface area contributed by atoms with Crippen molar-refractivity contribution < 1.29 is 14.6 Å². The second-order valence-electron chi connectivity index (χ2n) is 3.71. The van der Waals surface area contributed by atoms with Crippen LogP contribution in [-0.2, 0) is 0 Å². The van der Waals surface area contributed by atoms with Gasteiger partial charge in [0.05, 0.1) is 25.3 Å². The minimum absolute atomic E-state index is 0.416. The van der Waals surface area contributed by atoms with E-state index in [1.54, 1.807) is 20.2 Å². The van der Waals surface area contributed by atoms with Gasteiger partial charge in [-0.05, 0) is 20.0 Å². The third-order valence-electron chi connectivity index (χ3n) is 2.63. The zero-order valence-electron chi connectivity index (χ0n) is 10.5. The summed E-state index contributed by atoms with van der Waals surface area (Å²) in [6.45, 7) is 2.26. The first-order chi connectivity index (χ1) is 8.06. The van der Waals surface area contributed by atoms with E-state index in [0.29, 0.717) is 28.6 Å². The molecule has 96 valence electrons. The molecule has 4 nitrogen and oxygen atoms in total. The van der Waals surface area contributed by atoms with Crippen molar-refractivity contribution in [2.45, 2.75) is 13.0 Å². The maximum atomic E-state index is 10.0. The summed E-state index contributed by atoms with van der Waals surface area (Å²) in [4.78, 5) is 0. The molecule has 0 heterocycles. The number of methoxy groups -OCH3 is 2. The Balaban J connectivity index is 3.31. The highest BCUT2D eigenvalue weighted by molar-refractivity contribution is 6.33. The fourth-order valence-electron chi connectivity index (χ4n) is 1.69. The number of aliphatic hydroxyl groups excluding tert-OH is 1. The monoisotopic (exact) mass is 259 g/mol. The summed E-state index contributed by atoms with van der Waals surface area (Å²) >= 11 is 6.19. The number of likely N-dealkylation sites (N-methyl/N-ethyl adjacent to an activating group) is 1. The van der Waals surface area contributed by atoms with Crippen molar-refractivity contribution in [1.29, 1.82) is 0 Å². The molecule has 0 radical (unpaired) electrons. The fourth-order valence-corrected chi connectivity index (χ4v) is 1.97. The third kappa shape index (κ3) is 2.83. The van der Waals surface area contributed by atoms with Gasteiger partial charge in [0, 0.05) is 17.7 Å². The van der Waals surface area contributed by atoms with Crippen LogP contribution in [0.25, 0.3) is 0 Å². The molecule has 0 aliphatic rings. The predicted molar refractivity (Wildman–Crippen MR) is 68.2 cm³/mol. The van der Waals surface area contributed by atoms with Crippen LogP contribution in [0.4, 0.5) is 0 Å². The Labute approximate surface area is 106 Å². The smallest absolute Gasteiger partial charge is 0.143 e. The number of aliphatic hydroxyl groups is 1. The van der Waals surface area contributed by atoms with E-state index >= 15 is 0 Å². The Kier molecular flexibility index (Phi) is 5.05. The number of rotatable bonds is 5. The van der Waals surface area contributed by atoms with Crippen LogP contribution in [0.15, 0.2) is 6.07 Å². The van der Waals surface area contributed by atoms with Gasteiger partial charge in [-0.3, -0.25) is 0 Å². The van der Waals surface area contributed by atoms with Gasteiger partial charge >= 0.3 is 0 Å². The number of hydrogen-bond donors (Lipinski definition) is 2. The quantitative estimate of drug-likeness (QED) is 0.848.